The van der Waals surface area contributed by atoms with Crippen LogP contribution in [0.5, 0.6) is 0 Å². The number of hydrogen-bond acceptors (Lipinski definition) is 2. The third-order valence-corrected chi connectivity index (χ3v) is 3.40. The van der Waals surface area contributed by atoms with Gasteiger partial charge in [-0.25, -0.2) is 0 Å². The van der Waals surface area contributed by atoms with Crippen molar-refractivity contribution < 1.29 is 0 Å². The highest BCUT2D eigenvalue weighted by Crippen LogP contribution is 2.33. The molecular formula is C13H16N2. The summed E-state index contributed by atoms with van der Waals surface area (Å²) in [4.78, 5) is 4.43. The molecule has 15 heavy (non-hydrogen) atoms. The second-order valence-electron chi connectivity index (χ2n) is 4.41. The number of nitrogens with zero attached hydrogens (tertiary/aromatic N) is 1. The van der Waals surface area contributed by atoms with Crippen LogP contribution in [-0.4, -0.2) is 4.98 Å². The quantitative estimate of drug-likeness (QED) is 0.695. The van der Waals surface area contributed by atoms with Gasteiger partial charge in [-0.15, -0.1) is 0 Å². The predicted octanol–water partition coefficient (Wildman–Crippen LogP) is 3.27. The molecule has 1 aliphatic heterocycles. The summed E-state index contributed by atoms with van der Waals surface area (Å²) in [5.74, 6) is 0. The number of aryl methyl sites for hydroxylation is 1. The molecule has 1 aromatic heterocycles. The van der Waals surface area contributed by atoms with Gasteiger partial charge in [0.15, 0.2) is 0 Å². The van der Waals surface area contributed by atoms with E-state index in [0.717, 1.165) is 6.42 Å². The largest absolute Gasteiger partial charge is 0.357 e. The lowest BCUT2D eigenvalue weighted by Gasteiger charge is -2.22. The van der Waals surface area contributed by atoms with Gasteiger partial charge in [0.2, 0.25) is 0 Å². The third-order valence-electron chi connectivity index (χ3n) is 3.40. The molecule has 2 nitrogen and oxygen atoms in total. The predicted molar refractivity (Wildman–Crippen MR) is 61.7 cm³/mol. The van der Waals surface area contributed by atoms with Crippen molar-refractivity contribution >= 4 is 5.69 Å². The van der Waals surface area contributed by atoms with E-state index in [0.29, 0.717) is 0 Å². The summed E-state index contributed by atoms with van der Waals surface area (Å²) in [6.07, 6.45) is 9.42. The molecule has 0 bridgehead atoms. The molecule has 0 unspecified atom stereocenters. The maximum atomic E-state index is 4.43. The first-order valence-electron chi connectivity index (χ1n) is 5.85. The van der Waals surface area contributed by atoms with Crippen LogP contribution < -0.4 is 5.32 Å². The maximum Gasteiger partial charge on any atom is 0.0638 e. The minimum atomic E-state index is 1.11. The Morgan fingerprint density at radius 3 is 2.73 bits per heavy atom. The molecule has 1 aliphatic carbocycles. The molecule has 0 radical (unpaired) electrons. The highest BCUT2D eigenvalue weighted by Gasteiger charge is 2.18. The van der Waals surface area contributed by atoms with Crippen molar-refractivity contribution in [2.75, 3.05) is 5.32 Å². The van der Waals surface area contributed by atoms with Gasteiger partial charge in [0.25, 0.3) is 0 Å². The van der Waals surface area contributed by atoms with Gasteiger partial charge in [0.05, 0.1) is 11.4 Å². The average Bonchev–Trinajstić information content (AvgIpc) is 2.37. The van der Waals surface area contributed by atoms with Crippen LogP contribution in [0.1, 0.15) is 37.8 Å². The monoisotopic (exact) mass is 200 g/mol. The Bertz CT molecular complexity index is 401. The van der Waals surface area contributed by atoms with Crippen molar-refractivity contribution in [2.24, 2.45) is 0 Å². The van der Waals surface area contributed by atoms with Crippen LogP contribution in [0.25, 0.3) is 0 Å². The van der Waals surface area contributed by atoms with E-state index in [1.807, 2.05) is 12.3 Å². The molecule has 2 aliphatic rings. The van der Waals surface area contributed by atoms with Gasteiger partial charge in [-0.05, 0) is 50.7 Å². The number of aromatic nitrogens is 1. The molecular weight excluding hydrogens is 184 g/mol. The zero-order valence-corrected chi connectivity index (χ0v) is 8.92. The molecule has 2 heteroatoms. The Morgan fingerprint density at radius 2 is 1.93 bits per heavy atom. The zero-order valence-electron chi connectivity index (χ0n) is 8.92. The summed E-state index contributed by atoms with van der Waals surface area (Å²) in [6, 6.07) is 4.16. The standard InChI is InChI=1S/C13H16N2/c1-4-10(5-1)11-6-2-7-12-13(15-11)8-3-9-14-12/h3,8-9,15H,1-2,4-7H2. The molecule has 1 N–H and O–H groups in total. The first kappa shape index (κ1) is 8.96. The molecule has 0 spiro atoms. The Morgan fingerprint density at radius 1 is 1.07 bits per heavy atom. The van der Waals surface area contributed by atoms with E-state index in [9.17, 15) is 0 Å². The van der Waals surface area contributed by atoms with Crippen LogP contribution in [0.3, 0.4) is 0 Å². The fourth-order valence-corrected chi connectivity index (χ4v) is 2.33. The van der Waals surface area contributed by atoms with Gasteiger partial charge in [0, 0.05) is 11.9 Å². The number of nitrogens with one attached hydrogen (secondary N) is 1. The van der Waals surface area contributed by atoms with Crippen molar-refractivity contribution in [1.82, 2.24) is 4.98 Å². The van der Waals surface area contributed by atoms with E-state index in [4.69, 9.17) is 0 Å². The van der Waals surface area contributed by atoms with Gasteiger partial charge in [-0.1, -0.05) is 5.57 Å². The Labute approximate surface area is 90.4 Å². The number of fused-ring (bicyclic) bond motifs is 1. The molecule has 0 aromatic carbocycles. The van der Waals surface area contributed by atoms with Crippen LogP contribution in [0, 0.1) is 0 Å². The molecule has 78 valence electrons. The molecule has 0 amide bonds. The van der Waals surface area contributed by atoms with Crippen LogP contribution in [-0.2, 0) is 6.42 Å². The molecule has 3 rings (SSSR count). The van der Waals surface area contributed by atoms with E-state index in [-0.39, 0.29) is 0 Å². The van der Waals surface area contributed by atoms with Crippen molar-refractivity contribution in [1.29, 1.82) is 0 Å². The first-order valence-corrected chi connectivity index (χ1v) is 5.85. The van der Waals surface area contributed by atoms with E-state index < -0.39 is 0 Å². The third kappa shape index (κ3) is 1.65. The number of anilines is 1. The molecule has 1 aromatic rings. The van der Waals surface area contributed by atoms with Crippen molar-refractivity contribution in [2.45, 2.75) is 38.5 Å². The van der Waals surface area contributed by atoms with Crippen LogP contribution >= 0.6 is 0 Å². The number of allylic oxidation sites excluding steroid dienone is 2. The summed E-state index contributed by atoms with van der Waals surface area (Å²) < 4.78 is 0. The molecule has 1 saturated carbocycles. The topological polar surface area (TPSA) is 24.9 Å². The van der Waals surface area contributed by atoms with Gasteiger partial charge in [-0.3, -0.25) is 4.98 Å². The van der Waals surface area contributed by atoms with Gasteiger partial charge in [0.1, 0.15) is 0 Å². The second-order valence-corrected chi connectivity index (χ2v) is 4.41. The van der Waals surface area contributed by atoms with Crippen LogP contribution in [0.4, 0.5) is 5.69 Å². The van der Waals surface area contributed by atoms with E-state index in [1.165, 1.54) is 49.2 Å². The van der Waals surface area contributed by atoms with E-state index >= 15 is 0 Å². The zero-order chi connectivity index (χ0) is 10.1. The normalized spacial score (nSPS) is 20.0. The second kappa shape index (κ2) is 3.69. The molecule has 0 atom stereocenters. The lowest BCUT2D eigenvalue weighted by Crippen LogP contribution is -2.08. The SMILES string of the molecule is c1cnc2c(c1)NC(=C1CCC1)CCC2. The Balaban J connectivity index is 1.94. The summed E-state index contributed by atoms with van der Waals surface area (Å²) >= 11 is 0. The number of hydrogen-bond donors (Lipinski definition) is 1. The lowest BCUT2D eigenvalue weighted by molar-refractivity contribution is 0.640. The number of pyridine rings is 1. The smallest absolute Gasteiger partial charge is 0.0638 e. The van der Waals surface area contributed by atoms with Crippen molar-refractivity contribution in [3.63, 3.8) is 0 Å². The van der Waals surface area contributed by atoms with Crippen LogP contribution in [0.2, 0.25) is 0 Å². The average molecular weight is 200 g/mol. The number of rotatable bonds is 0. The summed E-state index contributed by atoms with van der Waals surface area (Å²) in [5, 5.41) is 3.58. The summed E-state index contributed by atoms with van der Waals surface area (Å²) in [5.41, 5.74) is 5.58. The Hall–Kier alpha value is -1.31. The van der Waals surface area contributed by atoms with E-state index in [1.54, 1.807) is 5.57 Å². The highest BCUT2D eigenvalue weighted by atomic mass is 14.9. The van der Waals surface area contributed by atoms with Gasteiger partial charge < -0.3 is 5.32 Å². The fraction of sp³-hybridized carbons (Fsp3) is 0.462. The molecule has 2 heterocycles. The summed E-state index contributed by atoms with van der Waals surface area (Å²) in [7, 11) is 0. The Kier molecular flexibility index (Phi) is 2.20. The fourth-order valence-electron chi connectivity index (χ4n) is 2.33. The molecule has 1 fully saturated rings. The van der Waals surface area contributed by atoms with E-state index in [2.05, 4.69) is 16.4 Å². The minimum absolute atomic E-state index is 1.11. The van der Waals surface area contributed by atoms with Crippen molar-refractivity contribution in [3.8, 4) is 0 Å². The van der Waals surface area contributed by atoms with Gasteiger partial charge in [-0.2, -0.15) is 0 Å². The van der Waals surface area contributed by atoms with Crippen LogP contribution in [0.15, 0.2) is 29.6 Å². The molecule has 0 saturated heterocycles. The first-order chi connectivity index (χ1) is 7.43. The maximum absolute atomic E-state index is 4.43. The highest BCUT2D eigenvalue weighted by molar-refractivity contribution is 5.54. The lowest BCUT2D eigenvalue weighted by atomic mass is 9.89. The van der Waals surface area contributed by atoms with Crippen molar-refractivity contribution in [3.05, 3.63) is 35.3 Å². The minimum Gasteiger partial charge on any atom is -0.357 e. The summed E-state index contributed by atoms with van der Waals surface area (Å²) in [6.45, 7) is 0. The van der Waals surface area contributed by atoms with Gasteiger partial charge >= 0.3 is 0 Å².